The van der Waals surface area contributed by atoms with E-state index in [0.717, 1.165) is 22.4 Å². The molecule has 12 heavy (non-hydrogen) atoms. The van der Waals surface area contributed by atoms with Crippen LogP contribution in [0.4, 0.5) is 0 Å². The van der Waals surface area contributed by atoms with E-state index < -0.39 is 0 Å². The third-order valence-electron chi connectivity index (χ3n) is 1.71. The molecule has 0 aromatic heterocycles. The van der Waals surface area contributed by atoms with Crippen LogP contribution in [0.1, 0.15) is 0 Å². The van der Waals surface area contributed by atoms with Crippen LogP contribution in [0.25, 0.3) is 0 Å². The zero-order valence-corrected chi connectivity index (χ0v) is 8.85. The number of halogens is 1. The molecule has 0 aromatic carbocycles. The van der Waals surface area contributed by atoms with Crippen LogP contribution in [-0.4, -0.2) is 37.3 Å². The minimum absolute atomic E-state index is 0.0671. The molecule has 0 bridgehead atoms. The van der Waals surface area contributed by atoms with E-state index in [4.69, 9.17) is 5.11 Å². The molecule has 0 atom stereocenters. The van der Waals surface area contributed by atoms with Crippen molar-refractivity contribution in [2.24, 2.45) is 0 Å². The molecule has 1 rings (SSSR count). The predicted octanol–water partition coefficient (Wildman–Crippen LogP) is 0.634. The van der Waals surface area contributed by atoms with Crippen molar-refractivity contribution >= 4 is 15.9 Å². The number of hydrogen-bond acceptors (Lipinski definition) is 3. The van der Waals surface area contributed by atoms with Gasteiger partial charge in [0.25, 0.3) is 0 Å². The van der Waals surface area contributed by atoms with Crippen LogP contribution in [0.2, 0.25) is 0 Å². The molecule has 0 saturated carbocycles. The lowest BCUT2D eigenvalue weighted by atomic mass is 10.2. The Morgan fingerprint density at radius 3 is 2.83 bits per heavy atom. The number of allylic oxidation sites excluding steroid dienone is 1. The fraction of sp³-hybridized carbons (Fsp3) is 0.500. The first-order valence-corrected chi connectivity index (χ1v) is 4.55. The van der Waals surface area contributed by atoms with Gasteiger partial charge in [0.15, 0.2) is 0 Å². The quantitative estimate of drug-likeness (QED) is 0.734. The average Bonchev–Trinajstić information content (AvgIpc) is 2.05. The molecule has 1 aliphatic rings. The zero-order chi connectivity index (χ0) is 9.14. The van der Waals surface area contributed by atoms with Crippen LogP contribution >= 0.6 is 15.9 Å². The highest BCUT2D eigenvalue weighted by molar-refractivity contribution is 9.11. The summed E-state index contributed by atoms with van der Waals surface area (Å²) >= 11 is 3.46. The third kappa shape index (κ3) is 2.01. The van der Waals surface area contributed by atoms with Crippen LogP contribution in [0, 0.1) is 0 Å². The van der Waals surface area contributed by atoms with E-state index in [9.17, 15) is 0 Å². The molecular formula is C8H13BrN2O. The van der Waals surface area contributed by atoms with Gasteiger partial charge >= 0.3 is 0 Å². The summed E-state index contributed by atoms with van der Waals surface area (Å²) in [5, 5.41) is 12.0. The van der Waals surface area contributed by atoms with E-state index in [1.54, 1.807) is 0 Å². The molecule has 0 aromatic rings. The first-order valence-electron chi connectivity index (χ1n) is 3.76. The third-order valence-corrected chi connectivity index (χ3v) is 2.40. The number of dihydropyridines is 1. The SMILES string of the molecule is CN(C)C1=C(Br)CNC(CO)=C1. The van der Waals surface area contributed by atoms with E-state index in [2.05, 4.69) is 21.2 Å². The highest BCUT2D eigenvalue weighted by Crippen LogP contribution is 2.19. The van der Waals surface area contributed by atoms with E-state index in [1.807, 2.05) is 25.1 Å². The normalized spacial score (nSPS) is 17.2. The van der Waals surface area contributed by atoms with Gasteiger partial charge in [-0.25, -0.2) is 0 Å². The van der Waals surface area contributed by atoms with Crippen molar-refractivity contribution in [2.45, 2.75) is 0 Å². The second kappa shape index (κ2) is 3.96. The summed E-state index contributed by atoms with van der Waals surface area (Å²) < 4.78 is 1.12. The van der Waals surface area contributed by atoms with Gasteiger partial charge in [-0.1, -0.05) is 15.9 Å². The number of nitrogens with one attached hydrogen (secondary N) is 1. The summed E-state index contributed by atoms with van der Waals surface area (Å²) in [7, 11) is 3.96. The molecule has 0 unspecified atom stereocenters. The Morgan fingerprint density at radius 2 is 2.33 bits per heavy atom. The molecule has 3 nitrogen and oxygen atoms in total. The van der Waals surface area contributed by atoms with Crippen molar-refractivity contribution in [1.29, 1.82) is 0 Å². The number of aliphatic hydroxyl groups excluding tert-OH is 1. The van der Waals surface area contributed by atoms with Gasteiger partial charge in [-0.2, -0.15) is 0 Å². The van der Waals surface area contributed by atoms with Gasteiger partial charge in [-0.15, -0.1) is 0 Å². The average molecular weight is 233 g/mol. The van der Waals surface area contributed by atoms with E-state index in [-0.39, 0.29) is 6.61 Å². The fourth-order valence-corrected chi connectivity index (χ4v) is 1.66. The van der Waals surface area contributed by atoms with E-state index >= 15 is 0 Å². The maximum absolute atomic E-state index is 8.89. The van der Waals surface area contributed by atoms with Gasteiger partial charge in [0.1, 0.15) is 0 Å². The standard InChI is InChI=1S/C8H13BrN2O/c1-11(2)8-3-6(5-12)10-4-7(8)9/h3,10,12H,4-5H2,1-2H3. The van der Waals surface area contributed by atoms with Crippen LogP contribution in [0.15, 0.2) is 22.0 Å². The Balaban J connectivity index is 2.86. The van der Waals surface area contributed by atoms with Crippen molar-refractivity contribution in [3.8, 4) is 0 Å². The van der Waals surface area contributed by atoms with Gasteiger partial charge in [-0.05, 0) is 6.08 Å². The highest BCUT2D eigenvalue weighted by atomic mass is 79.9. The van der Waals surface area contributed by atoms with Crippen LogP contribution in [-0.2, 0) is 0 Å². The summed E-state index contributed by atoms with van der Waals surface area (Å²) in [5.74, 6) is 0. The second-order valence-electron chi connectivity index (χ2n) is 2.87. The Hall–Kier alpha value is -0.480. The summed E-state index contributed by atoms with van der Waals surface area (Å²) in [4.78, 5) is 2.01. The smallest absolute Gasteiger partial charge is 0.0828 e. The number of aliphatic hydroxyl groups is 1. The fourth-order valence-electron chi connectivity index (χ4n) is 1.05. The van der Waals surface area contributed by atoms with Gasteiger partial charge < -0.3 is 15.3 Å². The Kier molecular flexibility index (Phi) is 3.17. The van der Waals surface area contributed by atoms with Crippen molar-refractivity contribution in [3.63, 3.8) is 0 Å². The summed E-state index contributed by atoms with van der Waals surface area (Å²) in [6.07, 6.45) is 1.94. The maximum atomic E-state index is 8.89. The van der Waals surface area contributed by atoms with Crippen LogP contribution in [0.5, 0.6) is 0 Å². The largest absolute Gasteiger partial charge is 0.390 e. The monoisotopic (exact) mass is 232 g/mol. The first-order chi connectivity index (χ1) is 5.65. The minimum atomic E-state index is 0.0671. The Labute approximate surface area is 80.9 Å². The molecular weight excluding hydrogens is 220 g/mol. The lowest BCUT2D eigenvalue weighted by Gasteiger charge is -2.23. The van der Waals surface area contributed by atoms with Crippen LogP contribution < -0.4 is 5.32 Å². The minimum Gasteiger partial charge on any atom is -0.390 e. The highest BCUT2D eigenvalue weighted by Gasteiger charge is 2.10. The molecule has 0 saturated heterocycles. The number of hydrogen-bond donors (Lipinski definition) is 2. The second-order valence-corrected chi connectivity index (χ2v) is 3.82. The van der Waals surface area contributed by atoms with Crippen molar-refractivity contribution in [2.75, 3.05) is 27.2 Å². The predicted molar refractivity (Wildman–Crippen MR) is 52.8 cm³/mol. The maximum Gasteiger partial charge on any atom is 0.0828 e. The summed E-state index contributed by atoms with van der Waals surface area (Å²) in [6, 6.07) is 0. The van der Waals surface area contributed by atoms with Crippen molar-refractivity contribution in [1.82, 2.24) is 10.2 Å². The number of nitrogens with zero attached hydrogens (tertiary/aromatic N) is 1. The van der Waals surface area contributed by atoms with Gasteiger partial charge in [0.2, 0.25) is 0 Å². The Morgan fingerprint density at radius 1 is 1.67 bits per heavy atom. The lowest BCUT2D eigenvalue weighted by molar-refractivity contribution is 0.321. The lowest BCUT2D eigenvalue weighted by Crippen LogP contribution is -2.26. The molecule has 0 spiro atoms. The van der Waals surface area contributed by atoms with Gasteiger partial charge in [0, 0.05) is 36.5 Å². The summed E-state index contributed by atoms with van der Waals surface area (Å²) in [5.41, 5.74) is 1.97. The van der Waals surface area contributed by atoms with Gasteiger partial charge in [-0.3, -0.25) is 0 Å². The molecule has 0 fully saturated rings. The van der Waals surface area contributed by atoms with E-state index in [0.29, 0.717) is 0 Å². The zero-order valence-electron chi connectivity index (χ0n) is 7.26. The van der Waals surface area contributed by atoms with Crippen molar-refractivity contribution in [3.05, 3.63) is 22.0 Å². The van der Waals surface area contributed by atoms with Gasteiger partial charge in [0.05, 0.1) is 6.61 Å². The molecule has 68 valence electrons. The molecule has 1 aliphatic heterocycles. The molecule has 0 radical (unpaired) electrons. The number of likely N-dealkylation sites (N-methyl/N-ethyl adjacent to an activating group) is 1. The number of rotatable bonds is 2. The van der Waals surface area contributed by atoms with Crippen LogP contribution in [0.3, 0.4) is 0 Å². The Bertz CT molecular complexity index is 233. The van der Waals surface area contributed by atoms with Crippen molar-refractivity contribution < 1.29 is 5.11 Å². The molecule has 0 amide bonds. The molecule has 0 aliphatic carbocycles. The molecule has 2 N–H and O–H groups in total. The van der Waals surface area contributed by atoms with E-state index in [1.165, 1.54) is 0 Å². The molecule has 1 heterocycles. The topological polar surface area (TPSA) is 35.5 Å². The summed E-state index contributed by atoms with van der Waals surface area (Å²) in [6.45, 7) is 0.817. The first kappa shape index (κ1) is 9.61. The molecule has 4 heteroatoms.